The van der Waals surface area contributed by atoms with Gasteiger partial charge >= 0.3 is 0 Å². The van der Waals surface area contributed by atoms with Crippen molar-refractivity contribution in [2.45, 2.75) is 158 Å². The van der Waals surface area contributed by atoms with Crippen LogP contribution in [0.5, 0.6) is 0 Å². The summed E-state index contributed by atoms with van der Waals surface area (Å²) in [5.41, 5.74) is 9.48. The molecular weight excluding hydrogens is 601 g/mol. The summed E-state index contributed by atoms with van der Waals surface area (Å²) in [4.78, 5) is 0. The zero-order chi connectivity index (χ0) is 36.1. The van der Waals surface area contributed by atoms with E-state index in [0.29, 0.717) is 6.42 Å². The molecule has 0 spiro atoms. The summed E-state index contributed by atoms with van der Waals surface area (Å²) in [6.07, 6.45) is 23.9. The monoisotopic (exact) mass is 670 g/mol. The molecule has 3 N–H and O–H groups in total. The Morgan fingerprint density at radius 1 is 0.532 bits per heavy atom. The lowest BCUT2D eigenvalue weighted by atomic mass is 9.94. The molecule has 0 saturated heterocycles. The fourth-order valence-corrected chi connectivity index (χ4v) is 6.19. The van der Waals surface area contributed by atoms with Crippen LogP contribution < -0.4 is 0 Å². The minimum Gasteiger partial charge on any atom is -0.388 e. The Morgan fingerprint density at radius 3 is 1.23 bits per heavy atom. The molecule has 0 aliphatic carbocycles. The molecule has 268 valence electrons. The topological polar surface area (TPSA) is 77.8 Å². The van der Waals surface area contributed by atoms with Crippen molar-refractivity contribution in [2.75, 3.05) is 0 Å². The van der Waals surface area contributed by atoms with Crippen LogP contribution >= 0.6 is 0 Å². The molecule has 0 bridgehead atoms. The zero-order valence-corrected chi connectivity index (χ0v) is 32.8. The van der Waals surface area contributed by atoms with E-state index in [-0.39, 0.29) is 11.8 Å². The van der Waals surface area contributed by atoms with Crippen LogP contribution in [0.15, 0.2) is 93.2 Å². The van der Waals surface area contributed by atoms with Gasteiger partial charge in [0, 0.05) is 11.8 Å². The molecule has 47 heavy (non-hydrogen) atoms. The van der Waals surface area contributed by atoms with Gasteiger partial charge in [0.25, 0.3) is 0 Å². The first-order valence-electron chi connectivity index (χ1n) is 17.7. The van der Waals surface area contributed by atoms with Crippen molar-refractivity contribution in [3.8, 4) is 0 Å². The summed E-state index contributed by atoms with van der Waals surface area (Å²) < 4.78 is 22.1. The van der Waals surface area contributed by atoms with Crippen LogP contribution in [0.2, 0.25) is 0 Å². The Kier molecular flexibility index (Phi) is 23.9. The number of rotatable bonds is 22. The largest absolute Gasteiger partial charge is 0.388 e. The Morgan fingerprint density at radius 2 is 0.872 bits per heavy atom. The average Bonchev–Trinajstić information content (AvgIpc) is 2.97. The van der Waals surface area contributed by atoms with Crippen molar-refractivity contribution in [1.29, 1.82) is 0 Å². The summed E-state index contributed by atoms with van der Waals surface area (Å²) >= 11 is -1.95. The summed E-state index contributed by atoms with van der Waals surface area (Å²) in [5, 5.41) is 21.2. The predicted octanol–water partition coefficient (Wildman–Crippen LogP) is 11.7. The standard InChI is InChI=1S/C42H70O4S/c1-30(2)17-13-20-33(6)27-38(11)41(43)36(9)23-15-19-32(5)25-26-40(47(45)46)29-35(8)22-16-24-37(10)42(44)39(12)28-34(7)21-14-18-31(3)4/h17-18,23-25,27-29,38-44H,13-16,19-22,26H2,1-12H3,(H,45,46)/b32-25+,33-27+,34-28+,35-29+,36-23+,37-24+. The van der Waals surface area contributed by atoms with E-state index >= 15 is 0 Å². The number of hydrogen-bond acceptors (Lipinski definition) is 3. The Bertz CT molecular complexity index is 1200. The van der Waals surface area contributed by atoms with Gasteiger partial charge in [0.1, 0.15) is 0 Å². The van der Waals surface area contributed by atoms with Gasteiger partial charge in [-0.25, -0.2) is 4.21 Å². The highest BCUT2D eigenvalue weighted by Gasteiger charge is 2.16. The van der Waals surface area contributed by atoms with E-state index in [0.717, 1.165) is 68.1 Å². The molecule has 4 nitrogen and oxygen atoms in total. The molecule has 6 atom stereocenters. The smallest absolute Gasteiger partial charge is 0.160 e. The van der Waals surface area contributed by atoms with Gasteiger partial charge in [-0.2, -0.15) is 0 Å². The molecule has 0 aliphatic rings. The molecule has 0 heterocycles. The van der Waals surface area contributed by atoms with Gasteiger partial charge < -0.3 is 14.8 Å². The minimum atomic E-state index is -1.95. The van der Waals surface area contributed by atoms with Crippen LogP contribution in [-0.2, 0) is 11.1 Å². The quantitative estimate of drug-likeness (QED) is 0.0791. The van der Waals surface area contributed by atoms with Crippen LogP contribution in [-0.4, -0.2) is 36.4 Å². The molecule has 0 aliphatic heterocycles. The Labute approximate surface area is 292 Å². The third-order valence-electron chi connectivity index (χ3n) is 8.64. The van der Waals surface area contributed by atoms with Crippen molar-refractivity contribution in [3.05, 3.63) is 93.2 Å². The third kappa shape index (κ3) is 22.3. The Hall–Kier alpha value is -2.05. The van der Waals surface area contributed by atoms with Gasteiger partial charge in [-0.1, -0.05) is 95.9 Å². The second-order valence-corrected chi connectivity index (χ2v) is 15.5. The van der Waals surface area contributed by atoms with E-state index in [1.165, 1.54) is 27.9 Å². The molecular formula is C42H70O4S. The zero-order valence-electron chi connectivity index (χ0n) is 32.0. The number of aliphatic hydroxyl groups is 2. The molecule has 0 aromatic rings. The molecule has 0 fully saturated rings. The molecule has 0 aromatic heterocycles. The van der Waals surface area contributed by atoms with Crippen LogP contribution in [0.25, 0.3) is 0 Å². The van der Waals surface area contributed by atoms with Gasteiger partial charge in [0.15, 0.2) is 11.1 Å². The summed E-state index contributed by atoms with van der Waals surface area (Å²) in [5.74, 6) is 0.111. The van der Waals surface area contributed by atoms with E-state index < -0.39 is 28.5 Å². The molecule has 0 rings (SSSR count). The second-order valence-electron chi connectivity index (χ2n) is 14.4. The highest BCUT2D eigenvalue weighted by Crippen LogP contribution is 2.21. The molecule has 6 unspecified atom stereocenters. The van der Waals surface area contributed by atoms with Gasteiger partial charge in [-0.3, -0.25) is 0 Å². The highest BCUT2D eigenvalue weighted by atomic mass is 32.2. The summed E-state index contributed by atoms with van der Waals surface area (Å²) in [6.45, 7) is 24.9. The fraction of sp³-hybridized carbons (Fsp3) is 0.619. The average molecular weight is 671 g/mol. The van der Waals surface area contributed by atoms with E-state index in [2.05, 4.69) is 105 Å². The van der Waals surface area contributed by atoms with Crippen molar-refractivity contribution in [1.82, 2.24) is 0 Å². The maximum atomic E-state index is 12.1. The van der Waals surface area contributed by atoms with Crippen LogP contribution in [0.4, 0.5) is 0 Å². The van der Waals surface area contributed by atoms with Crippen molar-refractivity contribution >= 4 is 11.1 Å². The normalized spacial score (nSPS) is 17.9. The van der Waals surface area contributed by atoms with Gasteiger partial charge in [0.2, 0.25) is 0 Å². The summed E-state index contributed by atoms with van der Waals surface area (Å²) in [6, 6.07) is 0. The summed E-state index contributed by atoms with van der Waals surface area (Å²) in [7, 11) is 0. The lowest BCUT2D eigenvalue weighted by Gasteiger charge is -2.18. The Balaban J connectivity index is 5.00. The van der Waals surface area contributed by atoms with Crippen LogP contribution in [0, 0.1) is 11.8 Å². The SMILES string of the molecule is CC(C)=CCC/C(C)=C/C(C)C(O)/C(C)=C/CC/C(C)=C/CC(/C=C(\C)CC/C=C(\C)C(O)C(C)/C=C(\C)CCC=C(C)C)S(=O)O. The second kappa shape index (κ2) is 25.0. The molecule has 5 heteroatoms. The van der Waals surface area contributed by atoms with E-state index in [4.69, 9.17) is 0 Å². The van der Waals surface area contributed by atoms with Gasteiger partial charge in [-0.05, 0) is 138 Å². The van der Waals surface area contributed by atoms with Crippen molar-refractivity contribution in [3.63, 3.8) is 0 Å². The van der Waals surface area contributed by atoms with Crippen molar-refractivity contribution in [2.24, 2.45) is 11.8 Å². The maximum Gasteiger partial charge on any atom is 0.160 e. The van der Waals surface area contributed by atoms with Crippen molar-refractivity contribution < 1.29 is 19.0 Å². The number of allylic oxidation sites excluding steroid dienone is 11. The highest BCUT2D eigenvalue weighted by molar-refractivity contribution is 7.80. The van der Waals surface area contributed by atoms with E-state index in [1.807, 2.05) is 26.8 Å². The van der Waals surface area contributed by atoms with Gasteiger partial charge in [0.05, 0.1) is 17.5 Å². The minimum absolute atomic E-state index is 0.0490. The van der Waals surface area contributed by atoms with Crippen LogP contribution in [0.1, 0.15) is 141 Å². The first-order chi connectivity index (χ1) is 21.9. The van der Waals surface area contributed by atoms with E-state index in [1.54, 1.807) is 0 Å². The number of aliphatic hydroxyl groups excluding tert-OH is 2. The fourth-order valence-electron chi connectivity index (χ4n) is 5.58. The third-order valence-corrected chi connectivity index (χ3v) is 9.49. The lowest BCUT2D eigenvalue weighted by molar-refractivity contribution is 0.172. The first kappa shape index (κ1) is 45.0. The molecule has 0 saturated carbocycles. The van der Waals surface area contributed by atoms with Gasteiger partial charge in [-0.15, -0.1) is 0 Å². The number of hydrogen-bond donors (Lipinski definition) is 3. The lowest BCUT2D eigenvalue weighted by Crippen LogP contribution is -2.17. The molecule has 0 radical (unpaired) electrons. The predicted molar refractivity (Wildman–Crippen MR) is 208 cm³/mol. The van der Waals surface area contributed by atoms with Crippen LogP contribution in [0.3, 0.4) is 0 Å². The maximum absolute atomic E-state index is 12.1. The van der Waals surface area contributed by atoms with E-state index in [9.17, 15) is 19.0 Å². The molecule has 0 aromatic carbocycles. The first-order valence-corrected chi connectivity index (χ1v) is 18.8. The molecule has 0 amide bonds.